The lowest BCUT2D eigenvalue weighted by Crippen LogP contribution is -2.53. The number of hydrazine groups is 1. The lowest BCUT2D eigenvalue weighted by atomic mass is 10.1. The van der Waals surface area contributed by atoms with Crippen LogP contribution in [0.2, 0.25) is 4.34 Å². The number of carbonyl (C=O) groups is 2. The first-order valence-electron chi connectivity index (χ1n) is 7.26. The van der Waals surface area contributed by atoms with Crippen LogP contribution in [0.4, 0.5) is 13.2 Å². The normalized spacial score (nSPS) is 12.8. The van der Waals surface area contributed by atoms with Crippen molar-refractivity contribution >= 4 is 34.6 Å². The van der Waals surface area contributed by atoms with Crippen molar-refractivity contribution in [3.63, 3.8) is 0 Å². The highest BCUT2D eigenvalue weighted by Crippen LogP contribution is 2.29. The molecule has 0 fully saturated rings. The zero-order valence-electron chi connectivity index (χ0n) is 13.4. The van der Waals surface area contributed by atoms with Crippen molar-refractivity contribution < 1.29 is 27.9 Å². The number of hydrogen-bond donors (Lipinski definition) is 2. The summed E-state index contributed by atoms with van der Waals surface area (Å²) in [7, 11) is 1.00. The molecule has 1 aromatic heterocycles. The molecule has 2 N–H and O–H groups in total. The number of ketones is 1. The Hall–Kier alpha value is -2.10. The molecule has 5 nitrogen and oxygen atoms in total. The summed E-state index contributed by atoms with van der Waals surface area (Å²) >= 11 is 6.58. The van der Waals surface area contributed by atoms with Gasteiger partial charge in [0.15, 0.2) is 5.78 Å². The Balaban J connectivity index is 2.14. The first kappa shape index (κ1) is 20.2. The molecule has 0 bridgehead atoms. The molecule has 26 heavy (non-hydrogen) atoms. The molecule has 0 aliphatic heterocycles. The molecule has 1 amide bonds. The van der Waals surface area contributed by atoms with E-state index in [9.17, 15) is 27.9 Å². The molecular formula is C16H14ClF3N2O3S. The number of amides is 1. The standard InChI is InChI=1S/C16H14ClF3N2O3S/c1-22(21-15(25)9-4-2-3-5-10(9)23)13(16(18,19)20)8-11(24)12-6-7-14(17)26-12/h2-7,13,23H,8H2,1H3,(H,21,25). The molecule has 1 heterocycles. The Morgan fingerprint density at radius 1 is 1.27 bits per heavy atom. The number of thiophene rings is 1. The fourth-order valence-electron chi connectivity index (χ4n) is 2.18. The molecule has 0 spiro atoms. The Labute approximate surface area is 156 Å². The van der Waals surface area contributed by atoms with E-state index in [2.05, 4.69) is 0 Å². The van der Waals surface area contributed by atoms with Gasteiger partial charge in [-0.15, -0.1) is 11.3 Å². The predicted octanol–water partition coefficient (Wildman–Crippen LogP) is 3.89. The minimum atomic E-state index is -4.77. The fraction of sp³-hybridized carbons (Fsp3) is 0.250. The summed E-state index contributed by atoms with van der Waals surface area (Å²) in [6.07, 6.45) is -5.66. The number of rotatable bonds is 6. The SMILES string of the molecule is CN(NC(=O)c1ccccc1O)C(CC(=O)c1ccc(Cl)s1)C(F)(F)F. The molecule has 2 aromatic rings. The van der Waals surface area contributed by atoms with E-state index in [-0.39, 0.29) is 20.5 Å². The van der Waals surface area contributed by atoms with Gasteiger partial charge in [0.2, 0.25) is 0 Å². The molecule has 10 heteroatoms. The van der Waals surface area contributed by atoms with Crippen molar-refractivity contribution in [1.29, 1.82) is 0 Å². The van der Waals surface area contributed by atoms with E-state index >= 15 is 0 Å². The summed E-state index contributed by atoms with van der Waals surface area (Å²) in [6.45, 7) is 0. The van der Waals surface area contributed by atoms with Gasteiger partial charge >= 0.3 is 6.18 Å². The third-order valence-electron chi connectivity index (χ3n) is 3.50. The van der Waals surface area contributed by atoms with E-state index < -0.39 is 30.3 Å². The summed E-state index contributed by atoms with van der Waals surface area (Å²) in [5, 5.41) is 10.1. The number of aromatic hydroxyl groups is 1. The van der Waals surface area contributed by atoms with Gasteiger partial charge in [0.25, 0.3) is 5.91 Å². The van der Waals surface area contributed by atoms with Gasteiger partial charge in [0.05, 0.1) is 14.8 Å². The number of phenolic OH excluding ortho intramolecular Hbond substituents is 1. The van der Waals surface area contributed by atoms with Crippen LogP contribution < -0.4 is 5.43 Å². The summed E-state index contributed by atoms with van der Waals surface area (Å²) in [6, 6.07) is 5.96. The van der Waals surface area contributed by atoms with E-state index in [4.69, 9.17) is 11.6 Å². The number of hydrogen-bond acceptors (Lipinski definition) is 5. The van der Waals surface area contributed by atoms with Gasteiger partial charge < -0.3 is 5.11 Å². The maximum absolute atomic E-state index is 13.4. The van der Waals surface area contributed by atoms with E-state index in [1.54, 1.807) is 0 Å². The number of para-hydroxylation sites is 1. The monoisotopic (exact) mass is 406 g/mol. The number of nitrogens with one attached hydrogen (secondary N) is 1. The molecular weight excluding hydrogens is 393 g/mol. The Bertz CT molecular complexity index is 810. The number of nitrogens with zero attached hydrogens (tertiary/aromatic N) is 1. The lowest BCUT2D eigenvalue weighted by Gasteiger charge is -2.29. The Morgan fingerprint density at radius 3 is 2.46 bits per heavy atom. The van der Waals surface area contributed by atoms with Crippen molar-refractivity contribution in [3.8, 4) is 5.75 Å². The van der Waals surface area contributed by atoms with Crippen LogP contribution in [-0.4, -0.2) is 41.1 Å². The zero-order chi connectivity index (χ0) is 19.5. The number of alkyl halides is 3. The first-order valence-corrected chi connectivity index (χ1v) is 8.46. The minimum Gasteiger partial charge on any atom is -0.507 e. The molecule has 0 aliphatic carbocycles. The Kier molecular flexibility index (Phi) is 6.27. The van der Waals surface area contributed by atoms with E-state index in [1.165, 1.54) is 36.4 Å². The second kappa shape index (κ2) is 8.07. The van der Waals surface area contributed by atoms with Crippen molar-refractivity contribution in [2.24, 2.45) is 0 Å². The van der Waals surface area contributed by atoms with Crippen molar-refractivity contribution in [1.82, 2.24) is 10.4 Å². The van der Waals surface area contributed by atoms with E-state index in [0.717, 1.165) is 18.4 Å². The van der Waals surface area contributed by atoms with Crippen LogP contribution in [0.5, 0.6) is 5.75 Å². The van der Waals surface area contributed by atoms with Crippen molar-refractivity contribution in [3.05, 3.63) is 51.2 Å². The van der Waals surface area contributed by atoms with E-state index in [1.807, 2.05) is 5.43 Å². The van der Waals surface area contributed by atoms with Gasteiger partial charge in [-0.2, -0.15) is 13.2 Å². The molecule has 0 saturated heterocycles. The number of phenols is 1. The highest BCUT2D eigenvalue weighted by atomic mass is 35.5. The average molecular weight is 407 g/mol. The van der Waals surface area contributed by atoms with Crippen molar-refractivity contribution in [2.45, 2.75) is 18.6 Å². The topological polar surface area (TPSA) is 69.6 Å². The van der Waals surface area contributed by atoms with Gasteiger partial charge in [-0.3, -0.25) is 15.0 Å². The second-order valence-corrected chi connectivity index (χ2v) is 7.07. The van der Waals surface area contributed by atoms with Crippen LogP contribution in [-0.2, 0) is 0 Å². The van der Waals surface area contributed by atoms with Gasteiger partial charge in [-0.1, -0.05) is 23.7 Å². The van der Waals surface area contributed by atoms with Crippen LogP contribution in [0, 0.1) is 0 Å². The lowest BCUT2D eigenvalue weighted by molar-refractivity contribution is -0.184. The van der Waals surface area contributed by atoms with Crippen LogP contribution in [0.25, 0.3) is 0 Å². The third-order valence-corrected chi connectivity index (χ3v) is 4.77. The molecule has 0 aliphatic rings. The third kappa shape index (κ3) is 4.96. The Morgan fingerprint density at radius 2 is 1.92 bits per heavy atom. The van der Waals surface area contributed by atoms with Gasteiger partial charge in [0, 0.05) is 13.5 Å². The van der Waals surface area contributed by atoms with Crippen LogP contribution in [0.3, 0.4) is 0 Å². The summed E-state index contributed by atoms with van der Waals surface area (Å²) in [4.78, 5) is 24.3. The minimum absolute atomic E-state index is 0.102. The number of benzene rings is 1. The molecule has 1 atom stereocenters. The predicted molar refractivity (Wildman–Crippen MR) is 91.5 cm³/mol. The molecule has 1 aromatic carbocycles. The maximum Gasteiger partial charge on any atom is 0.406 e. The second-order valence-electron chi connectivity index (χ2n) is 5.36. The number of Topliss-reactive ketones (excluding diaryl/α,β-unsaturated/α-hetero) is 1. The highest BCUT2D eigenvalue weighted by molar-refractivity contribution is 7.18. The first-order chi connectivity index (χ1) is 12.1. The smallest absolute Gasteiger partial charge is 0.406 e. The molecule has 0 saturated carbocycles. The van der Waals surface area contributed by atoms with E-state index in [0.29, 0.717) is 5.01 Å². The number of halogens is 4. The molecule has 140 valence electrons. The fourth-order valence-corrected chi connectivity index (χ4v) is 3.17. The largest absolute Gasteiger partial charge is 0.507 e. The molecule has 1 unspecified atom stereocenters. The van der Waals surface area contributed by atoms with Gasteiger partial charge in [-0.05, 0) is 24.3 Å². The quantitative estimate of drug-likeness (QED) is 0.564. The highest BCUT2D eigenvalue weighted by Gasteiger charge is 2.44. The van der Waals surface area contributed by atoms with Crippen LogP contribution >= 0.6 is 22.9 Å². The van der Waals surface area contributed by atoms with Crippen LogP contribution in [0.15, 0.2) is 36.4 Å². The average Bonchev–Trinajstić information content (AvgIpc) is 2.98. The summed E-state index contributed by atoms with van der Waals surface area (Å²) in [5.74, 6) is -2.04. The summed E-state index contributed by atoms with van der Waals surface area (Å²) < 4.78 is 40.4. The van der Waals surface area contributed by atoms with Crippen LogP contribution in [0.1, 0.15) is 26.5 Å². The van der Waals surface area contributed by atoms with Gasteiger partial charge in [0.1, 0.15) is 11.8 Å². The van der Waals surface area contributed by atoms with Gasteiger partial charge in [-0.25, -0.2) is 5.01 Å². The van der Waals surface area contributed by atoms with Crippen molar-refractivity contribution in [2.75, 3.05) is 7.05 Å². The number of carbonyl (C=O) groups excluding carboxylic acids is 2. The molecule has 2 rings (SSSR count). The summed E-state index contributed by atoms with van der Waals surface area (Å²) in [5.41, 5.74) is 1.86. The zero-order valence-corrected chi connectivity index (χ0v) is 15.0. The molecule has 0 radical (unpaired) electrons. The maximum atomic E-state index is 13.4.